The number of ketones is 1. The largest absolute Gasteiger partial charge is 0.466 e. The number of Topliss-reactive ketones (excluding diaryl/α,β-unsaturated/α-hetero) is 1. The van der Waals surface area contributed by atoms with Crippen LogP contribution < -0.4 is 5.32 Å². The molecule has 1 heterocycles. The minimum Gasteiger partial charge on any atom is -0.466 e. The van der Waals surface area contributed by atoms with Gasteiger partial charge in [-0.15, -0.1) is 0 Å². The van der Waals surface area contributed by atoms with Crippen molar-refractivity contribution in [3.05, 3.63) is 41.1 Å². The number of ether oxygens (including phenoxy) is 1. The van der Waals surface area contributed by atoms with Gasteiger partial charge in [-0.25, -0.2) is 4.79 Å². The fourth-order valence-electron chi connectivity index (χ4n) is 2.44. The molecule has 1 aromatic carbocycles. The van der Waals surface area contributed by atoms with Gasteiger partial charge >= 0.3 is 5.97 Å². The molecule has 7 heteroatoms. The first kappa shape index (κ1) is 17.7. The van der Waals surface area contributed by atoms with E-state index in [2.05, 4.69) is 5.32 Å². The molecule has 7 nitrogen and oxygen atoms in total. The Morgan fingerprint density at radius 1 is 1.29 bits per heavy atom. The summed E-state index contributed by atoms with van der Waals surface area (Å²) in [5, 5.41) is 12.0. The summed E-state index contributed by atoms with van der Waals surface area (Å²) in [5.74, 6) is -0.940. The number of carbonyl (C=O) groups is 3. The fraction of sp³-hybridized carbons (Fsp3) is 0.353. The third-order valence-electron chi connectivity index (χ3n) is 3.75. The van der Waals surface area contributed by atoms with Crippen molar-refractivity contribution in [3.63, 3.8) is 0 Å². The van der Waals surface area contributed by atoms with Crippen molar-refractivity contribution < 1.29 is 24.2 Å². The van der Waals surface area contributed by atoms with Gasteiger partial charge < -0.3 is 20.1 Å². The highest BCUT2D eigenvalue weighted by Gasteiger charge is 2.34. The predicted octanol–water partition coefficient (Wildman–Crippen LogP) is 0.953. The maximum Gasteiger partial charge on any atom is 0.337 e. The normalized spacial score (nSPS) is 14.1. The molecule has 0 radical (unpaired) electrons. The fourth-order valence-corrected chi connectivity index (χ4v) is 2.44. The number of nitrogens with one attached hydrogen (secondary N) is 1. The number of amides is 1. The molecule has 0 spiro atoms. The second kappa shape index (κ2) is 7.74. The molecule has 1 aliphatic heterocycles. The highest BCUT2D eigenvalue weighted by atomic mass is 16.5. The van der Waals surface area contributed by atoms with Gasteiger partial charge in [-0.1, -0.05) is 6.92 Å². The highest BCUT2D eigenvalue weighted by molar-refractivity contribution is 6.08. The number of esters is 1. The zero-order valence-electron chi connectivity index (χ0n) is 13.7. The van der Waals surface area contributed by atoms with Crippen LogP contribution in [0.1, 0.15) is 23.7 Å². The lowest BCUT2D eigenvalue weighted by molar-refractivity contribution is -0.136. The van der Waals surface area contributed by atoms with Gasteiger partial charge in [0.15, 0.2) is 5.78 Å². The molecule has 2 rings (SSSR count). The van der Waals surface area contributed by atoms with Crippen molar-refractivity contribution >= 4 is 23.3 Å². The van der Waals surface area contributed by atoms with Crippen LogP contribution in [0.15, 0.2) is 35.5 Å². The quantitative estimate of drug-likeness (QED) is 0.570. The lowest BCUT2D eigenvalue weighted by Gasteiger charge is -2.15. The summed E-state index contributed by atoms with van der Waals surface area (Å²) in [7, 11) is 1.25. The predicted molar refractivity (Wildman–Crippen MR) is 87.4 cm³/mol. The molecule has 0 saturated heterocycles. The van der Waals surface area contributed by atoms with E-state index in [1.165, 1.54) is 12.0 Å². The van der Waals surface area contributed by atoms with E-state index >= 15 is 0 Å². The summed E-state index contributed by atoms with van der Waals surface area (Å²) >= 11 is 0. The number of carbonyl (C=O) groups excluding carboxylic acids is 3. The maximum atomic E-state index is 12.4. The van der Waals surface area contributed by atoms with Crippen LogP contribution in [-0.2, 0) is 14.3 Å². The van der Waals surface area contributed by atoms with E-state index in [4.69, 9.17) is 9.84 Å². The molecule has 1 aromatic rings. The monoisotopic (exact) mass is 332 g/mol. The van der Waals surface area contributed by atoms with E-state index < -0.39 is 5.97 Å². The van der Waals surface area contributed by atoms with Gasteiger partial charge in [0.25, 0.3) is 5.91 Å². The first-order chi connectivity index (χ1) is 11.5. The van der Waals surface area contributed by atoms with E-state index in [0.717, 1.165) is 0 Å². The molecular formula is C17H20N2O5. The van der Waals surface area contributed by atoms with E-state index in [0.29, 0.717) is 17.7 Å². The van der Waals surface area contributed by atoms with E-state index in [1.54, 1.807) is 31.2 Å². The van der Waals surface area contributed by atoms with E-state index in [-0.39, 0.29) is 42.7 Å². The van der Waals surface area contributed by atoms with Crippen molar-refractivity contribution in [3.8, 4) is 0 Å². The second-order valence-electron chi connectivity index (χ2n) is 5.27. The third-order valence-corrected chi connectivity index (χ3v) is 3.75. The number of methoxy groups -OCH3 is 1. The zero-order chi connectivity index (χ0) is 17.7. The summed E-state index contributed by atoms with van der Waals surface area (Å²) in [6, 6.07) is 6.68. The summed E-state index contributed by atoms with van der Waals surface area (Å²) < 4.78 is 4.72. The molecule has 1 aliphatic rings. The Bertz CT molecular complexity index is 679. The number of nitrogens with zero attached hydrogens (tertiary/aromatic N) is 1. The van der Waals surface area contributed by atoms with Gasteiger partial charge in [-0.05, 0) is 24.3 Å². The molecule has 128 valence electrons. The number of aliphatic hydroxyl groups is 1. The zero-order valence-corrected chi connectivity index (χ0v) is 13.7. The number of hydrogen-bond acceptors (Lipinski definition) is 6. The average molecular weight is 332 g/mol. The van der Waals surface area contributed by atoms with Crippen molar-refractivity contribution in [2.45, 2.75) is 13.3 Å². The smallest absolute Gasteiger partial charge is 0.337 e. The molecule has 2 N–H and O–H groups in total. The average Bonchev–Trinajstić information content (AvgIpc) is 2.91. The summed E-state index contributed by atoms with van der Waals surface area (Å²) in [5.41, 5.74) is 1.51. The topological polar surface area (TPSA) is 95.9 Å². The lowest BCUT2D eigenvalue weighted by atomic mass is 10.1. The first-order valence-corrected chi connectivity index (χ1v) is 7.63. The highest BCUT2D eigenvalue weighted by Crippen LogP contribution is 2.23. The SMILES string of the molecule is CCC(=O)c1ccc(NC2=C(C(=O)OC)CN(CCO)C2=O)cc1. The Balaban J connectivity index is 2.25. The molecule has 0 unspecified atom stereocenters. The minimum atomic E-state index is -0.593. The van der Waals surface area contributed by atoms with Crippen LogP contribution >= 0.6 is 0 Å². The molecule has 0 bridgehead atoms. The number of benzene rings is 1. The van der Waals surface area contributed by atoms with Crippen LogP contribution in [0.4, 0.5) is 5.69 Å². The number of rotatable bonds is 7. The number of anilines is 1. The molecule has 0 atom stereocenters. The van der Waals surface area contributed by atoms with Gasteiger partial charge in [-0.3, -0.25) is 9.59 Å². The van der Waals surface area contributed by atoms with Crippen LogP contribution in [0, 0.1) is 0 Å². The Labute approximate surface area is 139 Å². The lowest BCUT2D eigenvalue weighted by Crippen LogP contribution is -2.31. The van der Waals surface area contributed by atoms with Gasteiger partial charge in [0.05, 0.1) is 25.8 Å². The van der Waals surface area contributed by atoms with Crippen molar-refractivity contribution in [2.24, 2.45) is 0 Å². The standard InChI is InChI=1S/C17H20N2O5/c1-3-14(21)11-4-6-12(7-5-11)18-15-13(17(23)24-2)10-19(8-9-20)16(15)22/h4-7,18,20H,3,8-10H2,1-2H3. The molecule has 24 heavy (non-hydrogen) atoms. The molecule has 0 aliphatic carbocycles. The van der Waals surface area contributed by atoms with Crippen LogP contribution in [-0.4, -0.2) is 54.5 Å². The van der Waals surface area contributed by atoms with Crippen LogP contribution in [0.2, 0.25) is 0 Å². The first-order valence-electron chi connectivity index (χ1n) is 7.63. The Hall–Kier alpha value is -2.67. The van der Waals surface area contributed by atoms with E-state index in [9.17, 15) is 14.4 Å². The number of aliphatic hydroxyl groups excluding tert-OH is 1. The second-order valence-corrected chi connectivity index (χ2v) is 5.27. The molecule has 0 fully saturated rings. The maximum absolute atomic E-state index is 12.4. The number of hydrogen-bond donors (Lipinski definition) is 2. The van der Waals surface area contributed by atoms with Crippen LogP contribution in [0.3, 0.4) is 0 Å². The Morgan fingerprint density at radius 2 is 1.96 bits per heavy atom. The van der Waals surface area contributed by atoms with E-state index in [1.807, 2.05) is 0 Å². The third kappa shape index (κ3) is 3.62. The van der Waals surface area contributed by atoms with Crippen molar-refractivity contribution in [1.82, 2.24) is 4.90 Å². The number of β-amino-alcohol motifs (C(OH)–C–C–N with tert-alkyl or cyclic N) is 1. The van der Waals surface area contributed by atoms with Crippen LogP contribution in [0.25, 0.3) is 0 Å². The van der Waals surface area contributed by atoms with Crippen molar-refractivity contribution in [2.75, 3.05) is 32.1 Å². The molecular weight excluding hydrogens is 312 g/mol. The van der Waals surface area contributed by atoms with Gasteiger partial charge in [-0.2, -0.15) is 0 Å². The molecule has 1 amide bonds. The van der Waals surface area contributed by atoms with Gasteiger partial charge in [0.1, 0.15) is 5.70 Å². The Morgan fingerprint density at radius 3 is 2.50 bits per heavy atom. The summed E-state index contributed by atoms with van der Waals surface area (Å²) in [6.45, 7) is 1.81. The van der Waals surface area contributed by atoms with Crippen molar-refractivity contribution in [1.29, 1.82) is 0 Å². The van der Waals surface area contributed by atoms with Gasteiger partial charge in [0, 0.05) is 24.2 Å². The van der Waals surface area contributed by atoms with Gasteiger partial charge in [0.2, 0.25) is 0 Å². The summed E-state index contributed by atoms with van der Waals surface area (Å²) in [4.78, 5) is 37.3. The molecule has 0 aromatic heterocycles. The Kier molecular flexibility index (Phi) is 5.70. The molecule has 0 saturated carbocycles. The minimum absolute atomic E-state index is 0.0297. The van der Waals surface area contributed by atoms with Crippen LogP contribution in [0.5, 0.6) is 0 Å². The summed E-state index contributed by atoms with van der Waals surface area (Å²) in [6.07, 6.45) is 0.416.